The third kappa shape index (κ3) is 3.72. The summed E-state index contributed by atoms with van der Waals surface area (Å²) in [4.78, 5) is 32.5. The Labute approximate surface area is 141 Å². The number of aryl methyl sites for hydroxylation is 2. The van der Waals surface area contributed by atoms with Crippen molar-refractivity contribution in [2.24, 2.45) is 5.92 Å². The number of nitrogens with zero attached hydrogens (tertiary/aromatic N) is 2. The largest absolute Gasteiger partial charge is 0.338 e. The minimum Gasteiger partial charge on any atom is -0.338 e. The minimum atomic E-state index is -0.364. The van der Waals surface area contributed by atoms with Gasteiger partial charge in [0.25, 0.3) is 11.5 Å². The summed E-state index contributed by atoms with van der Waals surface area (Å²) >= 11 is 0. The zero-order chi connectivity index (χ0) is 16.9. The van der Waals surface area contributed by atoms with Gasteiger partial charge in [-0.25, -0.2) is 4.98 Å². The molecule has 0 radical (unpaired) electrons. The number of H-pyrrole nitrogens is 1. The zero-order valence-corrected chi connectivity index (χ0v) is 14.0. The fraction of sp³-hybridized carbons (Fsp3) is 0.421. The predicted molar refractivity (Wildman–Crippen MR) is 93.0 cm³/mol. The van der Waals surface area contributed by atoms with Gasteiger partial charge in [-0.2, -0.15) is 0 Å². The number of piperidine rings is 1. The molecule has 1 aliphatic heterocycles. The highest BCUT2D eigenvalue weighted by molar-refractivity contribution is 5.93. The number of amides is 1. The summed E-state index contributed by atoms with van der Waals surface area (Å²) in [7, 11) is 0. The van der Waals surface area contributed by atoms with E-state index in [2.05, 4.69) is 41.2 Å². The fourth-order valence-corrected chi connectivity index (χ4v) is 3.40. The SMILES string of the molecule is Cc1ccccc1CC[C@H]1CCCN(C(=O)c2cnc[nH]c2=O)C1. The van der Waals surface area contributed by atoms with Crippen molar-refractivity contribution in [3.8, 4) is 0 Å². The number of hydrogen-bond donors (Lipinski definition) is 1. The maximum absolute atomic E-state index is 12.6. The molecule has 1 saturated heterocycles. The van der Waals surface area contributed by atoms with Crippen LogP contribution in [-0.2, 0) is 6.42 Å². The molecular weight excluding hydrogens is 302 g/mol. The van der Waals surface area contributed by atoms with Crippen LogP contribution < -0.4 is 5.56 Å². The summed E-state index contributed by atoms with van der Waals surface area (Å²) in [5.41, 5.74) is 2.47. The third-order valence-electron chi connectivity index (χ3n) is 4.84. The van der Waals surface area contributed by atoms with Crippen molar-refractivity contribution in [1.29, 1.82) is 0 Å². The summed E-state index contributed by atoms with van der Waals surface area (Å²) < 4.78 is 0. The van der Waals surface area contributed by atoms with Crippen LogP contribution in [0.2, 0.25) is 0 Å². The van der Waals surface area contributed by atoms with Gasteiger partial charge >= 0.3 is 0 Å². The molecule has 126 valence electrons. The van der Waals surface area contributed by atoms with Gasteiger partial charge in [-0.15, -0.1) is 0 Å². The van der Waals surface area contributed by atoms with Crippen LogP contribution in [-0.4, -0.2) is 33.9 Å². The zero-order valence-electron chi connectivity index (χ0n) is 14.0. The van der Waals surface area contributed by atoms with Gasteiger partial charge in [0, 0.05) is 19.3 Å². The van der Waals surface area contributed by atoms with Gasteiger partial charge in [-0.3, -0.25) is 9.59 Å². The molecule has 1 fully saturated rings. The normalized spacial score (nSPS) is 17.7. The molecule has 0 unspecified atom stereocenters. The van der Waals surface area contributed by atoms with E-state index in [-0.39, 0.29) is 17.0 Å². The molecule has 2 heterocycles. The highest BCUT2D eigenvalue weighted by Crippen LogP contribution is 2.23. The number of carbonyl (C=O) groups excluding carboxylic acids is 1. The van der Waals surface area contributed by atoms with Gasteiger partial charge in [0.05, 0.1) is 6.33 Å². The Balaban J connectivity index is 1.62. The van der Waals surface area contributed by atoms with Gasteiger partial charge < -0.3 is 9.88 Å². The molecular formula is C19H23N3O2. The van der Waals surface area contributed by atoms with Gasteiger partial charge in [0.15, 0.2) is 0 Å². The molecule has 1 atom stereocenters. The molecule has 1 aromatic heterocycles. The van der Waals surface area contributed by atoms with Crippen LogP contribution in [0, 0.1) is 12.8 Å². The lowest BCUT2D eigenvalue weighted by atomic mass is 9.90. The molecule has 1 amide bonds. The van der Waals surface area contributed by atoms with Gasteiger partial charge in [-0.05, 0) is 49.7 Å². The van der Waals surface area contributed by atoms with E-state index in [0.717, 1.165) is 32.2 Å². The summed E-state index contributed by atoms with van der Waals surface area (Å²) in [5, 5.41) is 0. The molecule has 0 saturated carbocycles. The molecule has 0 bridgehead atoms. The van der Waals surface area contributed by atoms with E-state index in [1.807, 2.05) is 0 Å². The lowest BCUT2D eigenvalue weighted by Gasteiger charge is -2.32. The monoisotopic (exact) mass is 325 g/mol. The van der Waals surface area contributed by atoms with E-state index in [9.17, 15) is 9.59 Å². The van der Waals surface area contributed by atoms with Gasteiger partial charge in [0.2, 0.25) is 0 Å². The number of benzene rings is 1. The number of likely N-dealkylation sites (tertiary alicyclic amines) is 1. The van der Waals surface area contributed by atoms with Crippen molar-refractivity contribution in [2.45, 2.75) is 32.6 Å². The van der Waals surface area contributed by atoms with Crippen molar-refractivity contribution in [1.82, 2.24) is 14.9 Å². The summed E-state index contributed by atoms with van der Waals surface area (Å²) in [6.45, 7) is 3.58. The number of aromatic nitrogens is 2. The first-order valence-electron chi connectivity index (χ1n) is 8.51. The first kappa shape index (κ1) is 16.4. The van der Waals surface area contributed by atoms with Crippen LogP contribution in [0.3, 0.4) is 0 Å². The van der Waals surface area contributed by atoms with Crippen LogP contribution in [0.1, 0.15) is 40.7 Å². The second kappa shape index (κ2) is 7.43. The smallest absolute Gasteiger partial charge is 0.263 e. The summed E-state index contributed by atoms with van der Waals surface area (Å²) in [5.74, 6) is 0.281. The summed E-state index contributed by atoms with van der Waals surface area (Å²) in [6, 6.07) is 8.45. The fourth-order valence-electron chi connectivity index (χ4n) is 3.40. The number of hydrogen-bond acceptors (Lipinski definition) is 3. The topological polar surface area (TPSA) is 66.1 Å². The first-order valence-corrected chi connectivity index (χ1v) is 8.51. The summed E-state index contributed by atoms with van der Waals surface area (Å²) in [6.07, 6.45) is 6.89. The quantitative estimate of drug-likeness (QED) is 0.939. The standard InChI is InChI=1S/C19H23N3O2/c1-14-5-2-3-7-16(14)9-8-15-6-4-10-22(12-15)19(24)17-11-20-13-21-18(17)23/h2-3,5,7,11,13,15H,4,6,8-10,12H2,1H3,(H,20,21,23)/t15-/m1/s1. The van der Waals surface area contributed by atoms with Crippen molar-refractivity contribution in [3.63, 3.8) is 0 Å². The number of rotatable bonds is 4. The van der Waals surface area contributed by atoms with Crippen molar-refractivity contribution in [2.75, 3.05) is 13.1 Å². The average Bonchev–Trinajstić information content (AvgIpc) is 2.61. The maximum Gasteiger partial charge on any atom is 0.263 e. The molecule has 0 aliphatic carbocycles. The minimum absolute atomic E-state index is 0.136. The van der Waals surface area contributed by atoms with Crippen LogP contribution in [0.15, 0.2) is 41.6 Å². The van der Waals surface area contributed by atoms with Crippen molar-refractivity contribution < 1.29 is 4.79 Å². The van der Waals surface area contributed by atoms with Crippen molar-refractivity contribution in [3.05, 3.63) is 63.8 Å². The molecule has 24 heavy (non-hydrogen) atoms. The van der Waals surface area contributed by atoms with E-state index in [4.69, 9.17) is 0 Å². The molecule has 0 spiro atoms. The van der Waals surface area contributed by atoms with Crippen molar-refractivity contribution >= 4 is 5.91 Å². The number of carbonyl (C=O) groups is 1. The lowest BCUT2D eigenvalue weighted by Crippen LogP contribution is -2.42. The van der Waals surface area contributed by atoms with E-state index in [1.54, 1.807) is 4.90 Å². The number of nitrogens with one attached hydrogen (secondary N) is 1. The van der Waals surface area contributed by atoms with Crippen LogP contribution >= 0.6 is 0 Å². The van der Waals surface area contributed by atoms with Gasteiger partial charge in [-0.1, -0.05) is 24.3 Å². The molecule has 1 aliphatic rings. The Bertz CT molecular complexity index is 769. The highest BCUT2D eigenvalue weighted by atomic mass is 16.2. The number of aromatic amines is 1. The molecule has 1 N–H and O–H groups in total. The van der Waals surface area contributed by atoms with Crippen LogP contribution in [0.25, 0.3) is 0 Å². The first-order chi connectivity index (χ1) is 11.6. The van der Waals surface area contributed by atoms with E-state index >= 15 is 0 Å². The second-order valence-corrected chi connectivity index (χ2v) is 6.52. The van der Waals surface area contributed by atoms with E-state index in [1.165, 1.54) is 23.7 Å². The van der Waals surface area contributed by atoms with Crippen LogP contribution in [0.5, 0.6) is 0 Å². The Morgan fingerprint density at radius 2 is 2.21 bits per heavy atom. The molecule has 5 nitrogen and oxygen atoms in total. The highest BCUT2D eigenvalue weighted by Gasteiger charge is 2.25. The maximum atomic E-state index is 12.6. The third-order valence-corrected chi connectivity index (χ3v) is 4.84. The Hall–Kier alpha value is -2.43. The Morgan fingerprint density at radius 3 is 3.00 bits per heavy atom. The second-order valence-electron chi connectivity index (χ2n) is 6.52. The molecule has 1 aromatic carbocycles. The molecule has 5 heteroatoms. The molecule has 2 aromatic rings. The Morgan fingerprint density at radius 1 is 1.38 bits per heavy atom. The van der Waals surface area contributed by atoms with Gasteiger partial charge in [0.1, 0.15) is 5.56 Å². The predicted octanol–water partition coefficient (Wildman–Crippen LogP) is 2.56. The van der Waals surface area contributed by atoms with E-state index < -0.39 is 0 Å². The molecule has 3 rings (SSSR count). The van der Waals surface area contributed by atoms with Crippen LogP contribution in [0.4, 0.5) is 0 Å². The lowest BCUT2D eigenvalue weighted by molar-refractivity contribution is 0.0666. The average molecular weight is 325 g/mol. The van der Waals surface area contributed by atoms with E-state index in [0.29, 0.717) is 12.5 Å². The Kier molecular flexibility index (Phi) is 5.08.